The van der Waals surface area contributed by atoms with E-state index >= 15 is 0 Å². The van der Waals surface area contributed by atoms with E-state index in [9.17, 15) is 14.0 Å². The third-order valence-electron chi connectivity index (χ3n) is 4.19. The quantitative estimate of drug-likeness (QED) is 0.129. The SMILES string of the molecule is N.N.N.Nc1nc(OCCc2ccccc2)nc2c1ncn2CCCCOP(=O)(O)OP(=O)(O)O. The summed E-state index contributed by atoms with van der Waals surface area (Å²) in [7, 11) is -9.97. The highest BCUT2D eigenvalue weighted by Gasteiger charge is 2.31. The van der Waals surface area contributed by atoms with Crippen molar-refractivity contribution in [3.8, 4) is 6.01 Å². The van der Waals surface area contributed by atoms with Crippen LogP contribution in [0.5, 0.6) is 6.01 Å². The van der Waals surface area contributed by atoms with Crippen molar-refractivity contribution < 1.29 is 37.4 Å². The first kappa shape index (κ1) is 32.5. The van der Waals surface area contributed by atoms with Gasteiger partial charge in [-0.05, 0) is 18.4 Å². The van der Waals surface area contributed by atoms with E-state index in [1.54, 1.807) is 4.57 Å². The van der Waals surface area contributed by atoms with Crippen molar-refractivity contribution in [2.45, 2.75) is 25.8 Å². The molecule has 0 amide bonds. The Labute approximate surface area is 201 Å². The summed E-state index contributed by atoms with van der Waals surface area (Å²) in [4.78, 5) is 39.1. The Morgan fingerprint density at radius 2 is 1.66 bits per heavy atom. The van der Waals surface area contributed by atoms with E-state index in [-0.39, 0.29) is 36.9 Å². The van der Waals surface area contributed by atoms with Crippen LogP contribution in [-0.4, -0.2) is 47.4 Å². The number of rotatable bonds is 12. The Bertz CT molecular complexity index is 1140. The molecule has 198 valence electrons. The van der Waals surface area contributed by atoms with Gasteiger partial charge in [-0.25, -0.2) is 14.1 Å². The molecule has 0 aliphatic heterocycles. The maximum Gasteiger partial charge on any atom is 0.481 e. The third-order valence-corrected chi connectivity index (χ3v) is 6.38. The van der Waals surface area contributed by atoms with Crippen molar-refractivity contribution in [1.29, 1.82) is 0 Å². The lowest BCUT2D eigenvalue weighted by atomic mass is 10.2. The highest BCUT2D eigenvalue weighted by Crippen LogP contribution is 2.57. The zero-order valence-electron chi connectivity index (χ0n) is 19.0. The first-order valence-corrected chi connectivity index (χ1v) is 12.5. The Balaban J connectivity index is 0.00000385. The van der Waals surface area contributed by atoms with E-state index in [0.29, 0.717) is 43.6 Å². The van der Waals surface area contributed by atoms with Gasteiger partial charge in [0.1, 0.15) is 5.52 Å². The predicted octanol–water partition coefficient (Wildman–Crippen LogP) is 2.52. The molecule has 1 unspecified atom stereocenters. The molecule has 2 heterocycles. The lowest BCUT2D eigenvalue weighted by Crippen LogP contribution is -2.07. The van der Waals surface area contributed by atoms with Gasteiger partial charge in [-0.3, -0.25) is 4.52 Å². The van der Waals surface area contributed by atoms with Gasteiger partial charge in [-0.15, -0.1) is 0 Å². The molecule has 16 nitrogen and oxygen atoms in total. The number of nitrogens with zero attached hydrogens (tertiary/aromatic N) is 4. The fraction of sp³-hybridized carbons (Fsp3) is 0.353. The number of fused-ring (bicyclic) bond motifs is 1. The molecule has 35 heavy (non-hydrogen) atoms. The minimum Gasteiger partial charge on any atom is -0.463 e. The molecule has 0 fully saturated rings. The van der Waals surface area contributed by atoms with Gasteiger partial charge in [0, 0.05) is 13.0 Å². The summed E-state index contributed by atoms with van der Waals surface area (Å²) in [6.07, 6.45) is 3.01. The summed E-state index contributed by atoms with van der Waals surface area (Å²) in [5.74, 6) is 0.183. The van der Waals surface area contributed by atoms with E-state index in [4.69, 9.17) is 20.3 Å². The van der Waals surface area contributed by atoms with Crippen molar-refractivity contribution in [3.63, 3.8) is 0 Å². The van der Waals surface area contributed by atoms with Gasteiger partial charge >= 0.3 is 21.7 Å². The zero-order chi connectivity index (χ0) is 23.2. The van der Waals surface area contributed by atoms with Crippen molar-refractivity contribution in [3.05, 3.63) is 42.2 Å². The number of nitrogen functional groups attached to an aromatic ring is 1. The highest BCUT2D eigenvalue weighted by molar-refractivity contribution is 7.60. The summed E-state index contributed by atoms with van der Waals surface area (Å²) in [5, 5.41) is 0. The fourth-order valence-electron chi connectivity index (χ4n) is 2.80. The molecule has 1 atom stereocenters. The number of aryl methyl sites for hydroxylation is 1. The molecule has 0 saturated carbocycles. The van der Waals surface area contributed by atoms with Crippen LogP contribution in [0.1, 0.15) is 18.4 Å². The van der Waals surface area contributed by atoms with Crippen LogP contribution in [0.25, 0.3) is 11.2 Å². The van der Waals surface area contributed by atoms with Crippen molar-refractivity contribution in [2.75, 3.05) is 18.9 Å². The van der Waals surface area contributed by atoms with Crippen LogP contribution in [0, 0.1) is 0 Å². The number of hydrogen-bond donors (Lipinski definition) is 7. The van der Waals surface area contributed by atoms with Crippen LogP contribution in [0.4, 0.5) is 5.82 Å². The van der Waals surface area contributed by atoms with Crippen molar-refractivity contribution in [1.82, 2.24) is 38.0 Å². The van der Waals surface area contributed by atoms with Crippen LogP contribution in [0.2, 0.25) is 0 Å². The molecule has 0 spiro atoms. The van der Waals surface area contributed by atoms with Gasteiger partial charge in [0.2, 0.25) is 0 Å². The number of unbranched alkanes of at least 4 members (excludes halogenated alkanes) is 1. The van der Waals surface area contributed by atoms with E-state index in [1.165, 1.54) is 6.33 Å². The first-order valence-electron chi connectivity index (χ1n) is 9.52. The third kappa shape index (κ3) is 10.3. The zero-order valence-corrected chi connectivity index (χ0v) is 20.8. The number of anilines is 1. The molecule has 0 aliphatic carbocycles. The number of imidazole rings is 1. The van der Waals surface area contributed by atoms with E-state index in [1.807, 2.05) is 30.3 Å². The average Bonchev–Trinajstić information content (AvgIpc) is 3.10. The van der Waals surface area contributed by atoms with E-state index < -0.39 is 15.6 Å². The number of hydrogen-bond acceptors (Lipinski definition) is 12. The van der Waals surface area contributed by atoms with Gasteiger partial charge < -0.3 is 48.2 Å². The monoisotopic (exact) mass is 538 g/mol. The minimum absolute atomic E-state index is 0. The number of benzene rings is 1. The second-order valence-electron chi connectivity index (χ2n) is 6.67. The minimum atomic E-state index is -5.13. The molecule has 3 rings (SSSR count). The predicted molar refractivity (Wildman–Crippen MR) is 129 cm³/mol. The van der Waals surface area contributed by atoms with Gasteiger partial charge in [-0.2, -0.15) is 14.3 Å². The maximum atomic E-state index is 11.4. The Kier molecular flexibility index (Phi) is 13.2. The summed E-state index contributed by atoms with van der Waals surface area (Å²) < 4.78 is 37.7. The Morgan fingerprint density at radius 3 is 2.31 bits per heavy atom. The van der Waals surface area contributed by atoms with E-state index in [0.717, 1.165) is 5.56 Å². The van der Waals surface area contributed by atoms with Crippen LogP contribution in [0.3, 0.4) is 0 Å². The summed E-state index contributed by atoms with van der Waals surface area (Å²) in [5.41, 5.74) is 7.98. The molecule has 18 heteroatoms. The molecule has 0 saturated heterocycles. The Morgan fingerprint density at radius 1 is 0.971 bits per heavy atom. The maximum absolute atomic E-state index is 11.4. The topological polar surface area (TPSA) is 297 Å². The first-order chi connectivity index (χ1) is 15.1. The lowest BCUT2D eigenvalue weighted by molar-refractivity contribution is 0.175. The molecule has 0 bridgehead atoms. The van der Waals surface area contributed by atoms with Gasteiger partial charge in [0.05, 0.1) is 19.5 Å². The van der Waals surface area contributed by atoms with Gasteiger partial charge in [0.25, 0.3) is 0 Å². The largest absolute Gasteiger partial charge is 0.481 e. The van der Waals surface area contributed by atoms with Crippen LogP contribution >= 0.6 is 15.6 Å². The summed E-state index contributed by atoms with van der Waals surface area (Å²) in [6.45, 7) is 0.554. The number of phosphoric acid groups is 2. The van der Waals surface area contributed by atoms with Gasteiger partial charge in [0.15, 0.2) is 11.5 Å². The molecule has 1 aromatic carbocycles. The lowest BCUT2D eigenvalue weighted by Gasteiger charge is -2.12. The van der Waals surface area contributed by atoms with Crippen molar-refractivity contribution >= 4 is 32.6 Å². The number of phosphoric ester groups is 1. The second kappa shape index (κ2) is 14.2. The fourth-order valence-corrected chi connectivity index (χ4v) is 4.42. The average molecular weight is 538 g/mol. The Hall–Kier alpha value is -2.49. The number of aromatic nitrogens is 4. The number of ether oxygens (including phenoxy) is 1. The molecule has 0 radical (unpaired) electrons. The molecular weight excluding hydrogens is 506 g/mol. The highest BCUT2D eigenvalue weighted by atomic mass is 31.3. The molecule has 2 aromatic heterocycles. The van der Waals surface area contributed by atoms with Crippen molar-refractivity contribution in [2.24, 2.45) is 0 Å². The molecule has 0 aliphatic rings. The van der Waals surface area contributed by atoms with Gasteiger partial charge in [-0.1, -0.05) is 30.3 Å². The molecular formula is C17H32N8O8P2. The second-order valence-corrected chi connectivity index (χ2v) is 9.50. The van der Waals surface area contributed by atoms with Crippen LogP contribution in [-0.2, 0) is 30.9 Å². The van der Waals surface area contributed by atoms with Crippen LogP contribution in [0.15, 0.2) is 36.7 Å². The van der Waals surface area contributed by atoms with E-state index in [2.05, 4.69) is 23.8 Å². The summed E-state index contributed by atoms with van der Waals surface area (Å²) >= 11 is 0. The summed E-state index contributed by atoms with van der Waals surface area (Å²) in [6, 6.07) is 9.95. The smallest absolute Gasteiger partial charge is 0.463 e. The standard InChI is InChI=1S/C17H23N5O8P2.3H3N/c18-15-14-16(21-17(20-15)28-11-8-13-6-2-1-3-7-13)22(12-19-14)9-4-5-10-29-32(26,27)30-31(23,24)25;;;/h1-3,6-7,12H,4-5,8-11H2,(H,26,27)(H2,18,20,21)(H2,23,24,25);3*1H3. The van der Waals surface area contributed by atoms with Crippen LogP contribution < -0.4 is 28.9 Å². The number of nitrogens with two attached hydrogens (primary N) is 1. The molecule has 3 aromatic rings. The normalized spacial score (nSPS) is 12.7. The molecule has 14 N–H and O–H groups in total.